The van der Waals surface area contributed by atoms with Gasteiger partial charge in [0.1, 0.15) is 0 Å². The summed E-state index contributed by atoms with van der Waals surface area (Å²) >= 11 is 22.8. The monoisotopic (exact) mass is 463 g/mol. The lowest BCUT2D eigenvalue weighted by molar-refractivity contribution is -0.140. The summed E-state index contributed by atoms with van der Waals surface area (Å²) in [6.45, 7) is 1.51. The summed E-state index contributed by atoms with van der Waals surface area (Å²) in [6, 6.07) is 0. The van der Waals surface area contributed by atoms with Gasteiger partial charge in [0.05, 0.1) is 11.3 Å². The summed E-state index contributed by atoms with van der Waals surface area (Å²) in [5.74, 6) is -1.06. The zero-order valence-corrected chi connectivity index (χ0v) is 15.3. The highest BCUT2D eigenvalue weighted by molar-refractivity contribution is 9.09. The van der Waals surface area contributed by atoms with E-state index >= 15 is 0 Å². The van der Waals surface area contributed by atoms with Crippen molar-refractivity contribution in [2.45, 2.75) is 22.9 Å². The van der Waals surface area contributed by atoms with Crippen LogP contribution in [0.2, 0.25) is 0 Å². The number of aliphatic hydroxyl groups excluding tert-OH is 1. The van der Waals surface area contributed by atoms with Crippen LogP contribution < -0.4 is 5.32 Å². The lowest BCUT2D eigenvalue weighted by atomic mass is 10.2. The molecule has 0 fully saturated rings. The second-order valence-electron chi connectivity index (χ2n) is 3.32. The average molecular weight is 466 g/mol. The maximum absolute atomic E-state index is 10.1. The molecular weight excluding hydrogens is 452 g/mol. The first-order valence-electron chi connectivity index (χ1n) is 4.89. The summed E-state index contributed by atoms with van der Waals surface area (Å²) in [5.41, 5.74) is 0. The standard InChI is InChI=1S/C5H8Cl3NO2.C4H6Br2O2/c1-3(6)5(7,8)4(11)9-2-10;5-1-3(2-6)4(7)8/h2-4,11H,1H3,(H,9,10);3H,1-2H2,(H,7,8). The minimum atomic E-state index is -1.57. The Morgan fingerprint density at radius 2 is 1.84 bits per heavy atom. The molecule has 0 aromatic carbocycles. The molecule has 0 aliphatic rings. The number of amides is 1. The quantitative estimate of drug-likeness (QED) is 0.306. The van der Waals surface area contributed by atoms with Gasteiger partial charge in [-0.25, -0.2) is 0 Å². The van der Waals surface area contributed by atoms with Crippen LogP contribution in [0.25, 0.3) is 0 Å². The van der Waals surface area contributed by atoms with Gasteiger partial charge >= 0.3 is 5.97 Å². The predicted octanol–water partition coefficient (Wildman–Crippen LogP) is 2.33. The number of aliphatic hydroxyl groups is 1. The van der Waals surface area contributed by atoms with E-state index in [0.717, 1.165) is 0 Å². The number of alkyl halides is 5. The summed E-state index contributed by atoms with van der Waals surface area (Å²) in [5, 5.41) is 19.7. The van der Waals surface area contributed by atoms with Crippen LogP contribution in [-0.4, -0.2) is 49.2 Å². The van der Waals surface area contributed by atoms with Gasteiger partial charge in [0.15, 0.2) is 10.6 Å². The SMILES string of the molecule is CC(Cl)C(Cl)(Cl)C(O)NC=O.O=C(O)C(CBr)CBr. The molecule has 10 heteroatoms. The van der Waals surface area contributed by atoms with E-state index in [1.807, 2.05) is 5.32 Å². The molecule has 0 rings (SSSR count). The van der Waals surface area contributed by atoms with Crippen molar-refractivity contribution in [3.63, 3.8) is 0 Å². The third kappa shape index (κ3) is 9.31. The van der Waals surface area contributed by atoms with Crippen LogP contribution in [0.3, 0.4) is 0 Å². The van der Waals surface area contributed by atoms with Crippen LogP contribution in [0.15, 0.2) is 0 Å². The van der Waals surface area contributed by atoms with Gasteiger partial charge in [-0.1, -0.05) is 55.1 Å². The summed E-state index contributed by atoms with van der Waals surface area (Å²) < 4.78 is -1.57. The molecule has 2 atom stereocenters. The lowest BCUT2D eigenvalue weighted by Gasteiger charge is -2.26. The van der Waals surface area contributed by atoms with Gasteiger partial charge in [0, 0.05) is 10.7 Å². The molecule has 5 nitrogen and oxygen atoms in total. The van der Waals surface area contributed by atoms with Gasteiger partial charge in [0.25, 0.3) is 0 Å². The maximum Gasteiger partial charge on any atom is 0.308 e. The normalized spacial score (nSPS) is 14.1. The first-order chi connectivity index (χ1) is 8.64. The molecule has 0 saturated carbocycles. The van der Waals surface area contributed by atoms with Gasteiger partial charge in [-0.2, -0.15) is 0 Å². The second-order valence-corrected chi connectivity index (χ2v) is 6.72. The Balaban J connectivity index is 0. The number of hydrogen-bond donors (Lipinski definition) is 3. The number of carboxylic acids is 1. The van der Waals surface area contributed by atoms with Gasteiger partial charge in [-0.15, -0.1) is 11.6 Å². The minimum absolute atomic E-state index is 0.295. The Bertz CT molecular complexity index is 278. The Kier molecular flexibility index (Phi) is 13.2. The molecule has 0 heterocycles. The fraction of sp³-hybridized carbons (Fsp3) is 0.778. The lowest BCUT2D eigenvalue weighted by Crippen LogP contribution is -2.47. The second kappa shape index (κ2) is 11.4. The van der Waals surface area contributed by atoms with Crippen molar-refractivity contribution >= 4 is 79.0 Å². The molecule has 1 amide bonds. The van der Waals surface area contributed by atoms with E-state index in [-0.39, 0.29) is 5.92 Å². The van der Waals surface area contributed by atoms with Crippen LogP contribution in [0.5, 0.6) is 0 Å². The highest BCUT2D eigenvalue weighted by Gasteiger charge is 2.38. The topological polar surface area (TPSA) is 86.6 Å². The Morgan fingerprint density at radius 1 is 1.42 bits per heavy atom. The number of carboxylic acid groups (broad SMARTS) is 1. The largest absolute Gasteiger partial charge is 0.481 e. The molecule has 0 aliphatic heterocycles. The molecule has 114 valence electrons. The molecule has 2 unspecified atom stereocenters. The highest BCUT2D eigenvalue weighted by atomic mass is 79.9. The van der Waals surface area contributed by atoms with E-state index in [2.05, 4.69) is 31.9 Å². The number of nitrogens with one attached hydrogen (secondary N) is 1. The van der Waals surface area contributed by atoms with E-state index in [1.54, 1.807) is 0 Å². The molecular formula is C9H14Br2Cl3NO4. The predicted molar refractivity (Wildman–Crippen MR) is 83.7 cm³/mol. The van der Waals surface area contributed by atoms with E-state index < -0.39 is 21.9 Å². The zero-order chi connectivity index (χ0) is 15.6. The molecule has 0 bridgehead atoms. The molecule has 0 radical (unpaired) electrons. The van der Waals surface area contributed by atoms with E-state index in [4.69, 9.17) is 45.0 Å². The Morgan fingerprint density at radius 3 is 2.00 bits per heavy atom. The fourth-order valence-electron chi connectivity index (χ4n) is 0.566. The van der Waals surface area contributed by atoms with Crippen molar-refractivity contribution < 1.29 is 19.8 Å². The van der Waals surface area contributed by atoms with Crippen LogP contribution in [-0.2, 0) is 9.59 Å². The molecule has 3 N–H and O–H groups in total. The van der Waals surface area contributed by atoms with Crippen molar-refractivity contribution in [1.29, 1.82) is 0 Å². The van der Waals surface area contributed by atoms with Crippen LogP contribution in [0.4, 0.5) is 0 Å². The smallest absolute Gasteiger partial charge is 0.308 e. The number of carbonyl (C=O) groups is 2. The van der Waals surface area contributed by atoms with Crippen LogP contribution in [0.1, 0.15) is 6.92 Å². The van der Waals surface area contributed by atoms with Crippen molar-refractivity contribution in [2.24, 2.45) is 5.92 Å². The number of hydrogen-bond acceptors (Lipinski definition) is 3. The molecule has 0 aliphatic carbocycles. The van der Waals surface area contributed by atoms with Gasteiger partial charge in [-0.3, -0.25) is 9.59 Å². The molecule has 0 saturated heterocycles. The minimum Gasteiger partial charge on any atom is -0.481 e. The van der Waals surface area contributed by atoms with Gasteiger partial charge in [0.2, 0.25) is 6.41 Å². The number of carbonyl (C=O) groups excluding carboxylic acids is 1. The van der Waals surface area contributed by atoms with Crippen LogP contribution >= 0.6 is 66.7 Å². The van der Waals surface area contributed by atoms with Crippen molar-refractivity contribution in [1.82, 2.24) is 5.32 Å². The number of aliphatic carboxylic acids is 1. The van der Waals surface area contributed by atoms with E-state index in [1.165, 1.54) is 6.92 Å². The van der Waals surface area contributed by atoms with E-state index in [9.17, 15) is 9.59 Å². The Labute approximate surface area is 143 Å². The third-order valence-electron chi connectivity index (χ3n) is 1.84. The van der Waals surface area contributed by atoms with Crippen LogP contribution in [0, 0.1) is 5.92 Å². The van der Waals surface area contributed by atoms with Gasteiger partial charge < -0.3 is 15.5 Å². The van der Waals surface area contributed by atoms with Crippen molar-refractivity contribution in [3.8, 4) is 0 Å². The molecule has 0 aromatic heterocycles. The summed E-state index contributed by atoms with van der Waals surface area (Å²) in [4.78, 5) is 20.0. The first kappa shape index (κ1) is 22.0. The Hall–Kier alpha value is 0.730. The summed E-state index contributed by atoms with van der Waals surface area (Å²) in [7, 11) is 0. The first-order valence-corrected chi connectivity index (χ1v) is 8.32. The highest BCUT2D eigenvalue weighted by Crippen LogP contribution is 2.31. The number of rotatable bonds is 7. The summed E-state index contributed by atoms with van der Waals surface area (Å²) in [6.07, 6.45) is -1.07. The van der Waals surface area contributed by atoms with Crippen molar-refractivity contribution in [3.05, 3.63) is 0 Å². The molecule has 19 heavy (non-hydrogen) atoms. The fourth-order valence-corrected chi connectivity index (χ4v) is 2.44. The van der Waals surface area contributed by atoms with Crippen molar-refractivity contribution in [2.75, 3.05) is 10.7 Å². The van der Waals surface area contributed by atoms with Gasteiger partial charge in [-0.05, 0) is 6.92 Å². The molecule has 0 aromatic rings. The zero-order valence-electron chi connectivity index (χ0n) is 9.82. The number of halogens is 5. The third-order valence-corrected chi connectivity index (χ3v) is 5.04. The maximum atomic E-state index is 10.1. The van der Waals surface area contributed by atoms with E-state index in [0.29, 0.717) is 17.1 Å². The average Bonchev–Trinajstić information content (AvgIpc) is 2.31. The molecule has 0 spiro atoms.